The molecule has 2 aliphatic rings. The van der Waals surface area contributed by atoms with E-state index in [9.17, 15) is 4.79 Å². The highest BCUT2D eigenvalue weighted by molar-refractivity contribution is 5.82. The molecule has 2 N–H and O–H groups in total. The average molecular weight is 225 g/mol. The third-order valence-corrected chi connectivity index (χ3v) is 3.77. The van der Waals surface area contributed by atoms with E-state index in [0.717, 1.165) is 25.9 Å². The summed E-state index contributed by atoms with van der Waals surface area (Å²) >= 11 is 0. The quantitative estimate of drug-likeness (QED) is 0.757. The monoisotopic (exact) mass is 225 g/mol. The molecule has 2 unspecified atom stereocenters. The minimum absolute atomic E-state index is 0.151. The summed E-state index contributed by atoms with van der Waals surface area (Å²) < 4.78 is 0. The van der Waals surface area contributed by atoms with E-state index in [1.165, 1.54) is 25.9 Å². The van der Waals surface area contributed by atoms with Crippen molar-refractivity contribution < 1.29 is 4.79 Å². The summed E-state index contributed by atoms with van der Waals surface area (Å²) in [5.74, 6) is 0.151. The van der Waals surface area contributed by atoms with Crippen LogP contribution in [0.2, 0.25) is 0 Å². The number of amides is 1. The van der Waals surface area contributed by atoms with Gasteiger partial charge in [-0.1, -0.05) is 0 Å². The van der Waals surface area contributed by atoms with Gasteiger partial charge >= 0.3 is 0 Å². The Kier molecular flexibility index (Phi) is 3.82. The molecular weight excluding hydrogens is 202 g/mol. The third-order valence-electron chi connectivity index (χ3n) is 3.77. The first-order valence-electron chi connectivity index (χ1n) is 6.47. The molecule has 4 nitrogen and oxygen atoms in total. The van der Waals surface area contributed by atoms with E-state index in [4.69, 9.17) is 5.73 Å². The first-order valence-corrected chi connectivity index (χ1v) is 6.47. The Bertz CT molecular complexity index is 251. The van der Waals surface area contributed by atoms with E-state index < -0.39 is 0 Å². The van der Waals surface area contributed by atoms with Crippen molar-refractivity contribution in [2.24, 2.45) is 5.73 Å². The molecule has 92 valence electrons. The van der Waals surface area contributed by atoms with Crippen LogP contribution in [-0.4, -0.2) is 54.0 Å². The van der Waals surface area contributed by atoms with Crippen molar-refractivity contribution in [1.29, 1.82) is 0 Å². The fraction of sp³-hybridized carbons (Fsp3) is 0.917. The molecule has 0 radical (unpaired) electrons. The fourth-order valence-electron chi connectivity index (χ4n) is 2.80. The first kappa shape index (κ1) is 11.9. The summed E-state index contributed by atoms with van der Waals surface area (Å²) in [6.45, 7) is 6.44. The van der Waals surface area contributed by atoms with Crippen LogP contribution in [0.3, 0.4) is 0 Å². The van der Waals surface area contributed by atoms with Crippen LogP contribution in [0.5, 0.6) is 0 Å². The molecule has 2 heterocycles. The molecule has 2 rings (SSSR count). The van der Waals surface area contributed by atoms with Gasteiger partial charge in [0.15, 0.2) is 0 Å². The lowest BCUT2D eigenvalue weighted by Gasteiger charge is -2.36. The lowest BCUT2D eigenvalue weighted by molar-refractivity contribution is -0.137. The van der Waals surface area contributed by atoms with Crippen molar-refractivity contribution in [1.82, 2.24) is 9.80 Å². The molecule has 2 aliphatic heterocycles. The number of carbonyl (C=O) groups is 1. The van der Waals surface area contributed by atoms with Gasteiger partial charge in [0.2, 0.25) is 5.91 Å². The molecule has 0 bridgehead atoms. The summed E-state index contributed by atoms with van der Waals surface area (Å²) in [7, 11) is 0. The predicted octanol–water partition coefficient (Wildman–Crippen LogP) is 0.420. The SMILES string of the molecule is CC(CN1CCCC1)N1CCCC(N)C1=O. The largest absolute Gasteiger partial charge is 0.337 e. The number of hydrogen-bond acceptors (Lipinski definition) is 3. The molecule has 0 saturated carbocycles. The normalized spacial score (nSPS) is 29.8. The van der Waals surface area contributed by atoms with Crippen molar-refractivity contribution in [3.63, 3.8) is 0 Å². The zero-order chi connectivity index (χ0) is 11.5. The molecule has 16 heavy (non-hydrogen) atoms. The summed E-state index contributed by atoms with van der Waals surface area (Å²) in [5.41, 5.74) is 5.81. The second-order valence-corrected chi connectivity index (χ2v) is 5.14. The van der Waals surface area contributed by atoms with Gasteiger partial charge in [0, 0.05) is 19.1 Å². The maximum Gasteiger partial charge on any atom is 0.239 e. The summed E-state index contributed by atoms with van der Waals surface area (Å²) in [6.07, 6.45) is 4.52. The zero-order valence-electron chi connectivity index (χ0n) is 10.2. The smallest absolute Gasteiger partial charge is 0.239 e. The Morgan fingerprint density at radius 2 is 2.00 bits per heavy atom. The second-order valence-electron chi connectivity index (χ2n) is 5.14. The number of rotatable bonds is 3. The van der Waals surface area contributed by atoms with Crippen LogP contribution in [-0.2, 0) is 4.79 Å². The van der Waals surface area contributed by atoms with E-state index in [0.29, 0.717) is 6.04 Å². The standard InChI is InChI=1S/C12H23N3O/c1-10(9-14-6-2-3-7-14)15-8-4-5-11(13)12(15)16/h10-11H,2-9,13H2,1H3. The molecule has 4 heteroatoms. The van der Waals surface area contributed by atoms with Crippen LogP contribution in [0.4, 0.5) is 0 Å². The first-order chi connectivity index (χ1) is 7.68. The molecule has 1 amide bonds. The number of carbonyl (C=O) groups excluding carboxylic acids is 1. The van der Waals surface area contributed by atoms with E-state index >= 15 is 0 Å². The van der Waals surface area contributed by atoms with Crippen molar-refractivity contribution >= 4 is 5.91 Å². The highest BCUT2D eigenvalue weighted by Gasteiger charge is 2.30. The van der Waals surface area contributed by atoms with E-state index in [1.54, 1.807) is 0 Å². The Hall–Kier alpha value is -0.610. The molecule has 2 saturated heterocycles. The van der Waals surface area contributed by atoms with Gasteiger partial charge in [-0.05, 0) is 45.7 Å². The van der Waals surface area contributed by atoms with Crippen LogP contribution in [0.1, 0.15) is 32.6 Å². The zero-order valence-corrected chi connectivity index (χ0v) is 10.2. The van der Waals surface area contributed by atoms with E-state index in [2.05, 4.69) is 11.8 Å². The van der Waals surface area contributed by atoms with Crippen molar-refractivity contribution in [2.45, 2.75) is 44.7 Å². The van der Waals surface area contributed by atoms with Gasteiger partial charge < -0.3 is 15.5 Å². The molecule has 0 spiro atoms. The van der Waals surface area contributed by atoms with Crippen LogP contribution in [0, 0.1) is 0 Å². The van der Waals surface area contributed by atoms with Gasteiger partial charge in [-0.3, -0.25) is 4.79 Å². The van der Waals surface area contributed by atoms with Gasteiger partial charge in [-0.2, -0.15) is 0 Å². The molecular formula is C12H23N3O. The number of nitrogens with two attached hydrogens (primary N) is 1. The maximum atomic E-state index is 11.9. The van der Waals surface area contributed by atoms with Crippen molar-refractivity contribution in [3.05, 3.63) is 0 Å². The molecule has 2 atom stereocenters. The highest BCUT2D eigenvalue weighted by Crippen LogP contribution is 2.16. The molecule has 0 aliphatic carbocycles. The average Bonchev–Trinajstić information content (AvgIpc) is 2.74. The third kappa shape index (κ3) is 2.55. The lowest BCUT2D eigenvalue weighted by atomic mass is 10.0. The van der Waals surface area contributed by atoms with Crippen molar-refractivity contribution in [2.75, 3.05) is 26.2 Å². The van der Waals surface area contributed by atoms with E-state index in [-0.39, 0.29) is 11.9 Å². The Morgan fingerprint density at radius 1 is 1.31 bits per heavy atom. The fourth-order valence-corrected chi connectivity index (χ4v) is 2.80. The topological polar surface area (TPSA) is 49.6 Å². The minimum atomic E-state index is -0.255. The minimum Gasteiger partial charge on any atom is -0.337 e. The predicted molar refractivity (Wildman–Crippen MR) is 64.1 cm³/mol. The van der Waals surface area contributed by atoms with Crippen molar-refractivity contribution in [3.8, 4) is 0 Å². The Morgan fingerprint density at radius 3 is 2.69 bits per heavy atom. The summed E-state index contributed by atoms with van der Waals surface area (Å²) in [6, 6.07) is 0.0618. The lowest BCUT2D eigenvalue weighted by Crippen LogP contribution is -2.54. The van der Waals surface area contributed by atoms with Crippen LogP contribution >= 0.6 is 0 Å². The van der Waals surface area contributed by atoms with Gasteiger partial charge in [-0.25, -0.2) is 0 Å². The maximum absolute atomic E-state index is 11.9. The molecule has 0 aromatic rings. The van der Waals surface area contributed by atoms with Crippen LogP contribution in [0.15, 0.2) is 0 Å². The molecule has 0 aromatic heterocycles. The van der Waals surface area contributed by atoms with Gasteiger partial charge in [0.05, 0.1) is 6.04 Å². The van der Waals surface area contributed by atoms with Gasteiger partial charge in [0.1, 0.15) is 0 Å². The van der Waals surface area contributed by atoms with Gasteiger partial charge in [-0.15, -0.1) is 0 Å². The van der Waals surface area contributed by atoms with Gasteiger partial charge in [0.25, 0.3) is 0 Å². The number of nitrogens with zero attached hydrogens (tertiary/aromatic N) is 2. The molecule has 0 aromatic carbocycles. The molecule has 2 fully saturated rings. The summed E-state index contributed by atoms with van der Waals surface area (Å²) in [5, 5.41) is 0. The Balaban J connectivity index is 1.87. The highest BCUT2D eigenvalue weighted by atomic mass is 16.2. The number of piperidine rings is 1. The Labute approximate surface area is 97.8 Å². The van der Waals surface area contributed by atoms with Crippen LogP contribution < -0.4 is 5.73 Å². The summed E-state index contributed by atoms with van der Waals surface area (Å²) in [4.78, 5) is 16.4. The van der Waals surface area contributed by atoms with E-state index in [1.807, 2.05) is 4.90 Å². The van der Waals surface area contributed by atoms with Crippen LogP contribution in [0.25, 0.3) is 0 Å². The number of likely N-dealkylation sites (tertiary alicyclic amines) is 2. The second kappa shape index (κ2) is 5.15. The number of hydrogen-bond donors (Lipinski definition) is 1.